The zero-order valence-electron chi connectivity index (χ0n) is 12.5. The number of ether oxygens (including phenoxy) is 1. The van der Waals surface area contributed by atoms with Gasteiger partial charge in [-0.1, -0.05) is 30.3 Å². The third-order valence-electron chi connectivity index (χ3n) is 4.05. The Morgan fingerprint density at radius 2 is 2.14 bits per heavy atom. The van der Waals surface area contributed by atoms with Crippen LogP contribution in [-0.2, 0) is 24.3 Å². The van der Waals surface area contributed by atoms with Crippen molar-refractivity contribution in [3.8, 4) is 0 Å². The SMILES string of the molecule is COCc1cccc(CNC2CCCc3cccnc32)c1. The van der Waals surface area contributed by atoms with Crippen LogP contribution in [0.1, 0.15) is 41.3 Å². The zero-order valence-corrected chi connectivity index (χ0v) is 12.5. The largest absolute Gasteiger partial charge is 0.380 e. The van der Waals surface area contributed by atoms with Crippen LogP contribution in [0.25, 0.3) is 0 Å². The van der Waals surface area contributed by atoms with Gasteiger partial charge in [-0.25, -0.2) is 0 Å². The van der Waals surface area contributed by atoms with Gasteiger partial charge in [0.2, 0.25) is 0 Å². The fraction of sp³-hybridized carbons (Fsp3) is 0.389. The second-order valence-electron chi connectivity index (χ2n) is 5.63. The maximum Gasteiger partial charge on any atom is 0.0713 e. The van der Waals surface area contributed by atoms with Crippen LogP contribution < -0.4 is 5.32 Å². The lowest BCUT2D eigenvalue weighted by atomic mass is 9.92. The zero-order chi connectivity index (χ0) is 14.5. The summed E-state index contributed by atoms with van der Waals surface area (Å²) in [6.07, 6.45) is 5.46. The Kier molecular flexibility index (Phi) is 4.63. The number of pyridine rings is 1. The predicted octanol–water partition coefficient (Wildman–Crippen LogP) is 3.40. The molecule has 1 aliphatic rings. The molecule has 0 amide bonds. The van der Waals surface area contributed by atoms with Crippen molar-refractivity contribution < 1.29 is 4.74 Å². The summed E-state index contributed by atoms with van der Waals surface area (Å²) in [5.74, 6) is 0. The van der Waals surface area contributed by atoms with Crippen molar-refractivity contribution in [3.05, 3.63) is 65.0 Å². The van der Waals surface area contributed by atoms with Crippen molar-refractivity contribution in [2.75, 3.05) is 7.11 Å². The average molecular weight is 282 g/mol. The van der Waals surface area contributed by atoms with Crippen molar-refractivity contribution in [2.24, 2.45) is 0 Å². The van der Waals surface area contributed by atoms with E-state index in [9.17, 15) is 0 Å². The third-order valence-corrected chi connectivity index (χ3v) is 4.05. The van der Waals surface area contributed by atoms with Crippen LogP contribution in [0.15, 0.2) is 42.6 Å². The fourth-order valence-electron chi connectivity index (χ4n) is 3.05. The van der Waals surface area contributed by atoms with Gasteiger partial charge in [0.15, 0.2) is 0 Å². The topological polar surface area (TPSA) is 34.1 Å². The lowest BCUT2D eigenvalue weighted by Crippen LogP contribution is -2.25. The number of benzene rings is 1. The van der Waals surface area contributed by atoms with Crippen molar-refractivity contribution in [1.29, 1.82) is 0 Å². The van der Waals surface area contributed by atoms with E-state index in [1.807, 2.05) is 12.3 Å². The van der Waals surface area contributed by atoms with Gasteiger partial charge in [0, 0.05) is 19.9 Å². The molecule has 110 valence electrons. The molecular weight excluding hydrogens is 260 g/mol. The van der Waals surface area contributed by atoms with Gasteiger partial charge in [0.1, 0.15) is 0 Å². The van der Waals surface area contributed by atoms with Crippen LogP contribution in [0.5, 0.6) is 0 Å². The van der Waals surface area contributed by atoms with E-state index in [-0.39, 0.29) is 0 Å². The number of methoxy groups -OCH3 is 1. The summed E-state index contributed by atoms with van der Waals surface area (Å²) in [4.78, 5) is 4.58. The van der Waals surface area contributed by atoms with E-state index in [0.717, 1.165) is 13.0 Å². The number of aryl methyl sites for hydroxylation is 1. The molecule has 1 unspecified atom stereocenters. The van der Waals surface area contributed by atoms with Crippen LogP contribution in [0.2, 0.25) is 0 Å². The maximum atomic E-state index is 5.19. The quantitative estimate of drug-likeness (QED) is 0.912. The molecule has 0 aliphatic heterocycles. The number of nitrogens with zero attached hydrogens (tertiary/aromatic N) is 1. The highest BCUT2D eigenvalue weighted by Gasteiger charge is 2.20. The number of nitrogens with one attached hydrogen (secondary N) is 1. The van der Waals surface area contributed by atoms with Crippen molar-refractivity contribution in [2.45, 2.75) is 38.5 Å². The summed E-state index contributed by atoms with van der Waals surface area (Å²) in [5, 5.41) is 3.66. The number of aromatic nitrogens is 1. The molecule has 21 heavy (non-hydrogen) atoms. The molecule has 0 spiro atoms. The van der Waals surface area contributed by atoms with E-state index < -0.39 is 0 Å². The molecule has 0 saturated carbocycles. The van der Waals surface area contributed by atoms with Gasteiger partial charge in [-0.2, -0.15) is 0 Å². The van der Waals surface area contributed by atoms with E-state index in [2.05, 4.69) is 40.6 Å². The molecular formula is C18H22N2O. The highest BCUT2D eigenvalue weighted by atomic mass is 16.5. The Balaban J connectivity index is 1.67. The maximum absolute atomic E-state index is 5.19. The molecule has 3 nitrogen and oxygen atoms in total. The number of rotatable bonds is 5. The monoisotopic (exact) mass is 282 g/mol. The first-order valence-electron chi connectivity index (χ1n) is 7.61. The van der Waals surface area contributed by atoms with E-state index in [0.29, 0.717) is 12.6 Å². The highest BCUT2D eigenvalue weighted by Crippen LogP contribution is 2.27. The van der Waals surface area contributed by atoms with Crippen LogP contribution in [0.3, 0.4) is 0 Å². The Morgan fingerprint density at radius 1 is 1.24 bits per heavy atom. The van der Waals surface area contributed by atoms with Crippen LogP contribution in [0, 0.1) is 0 Å². The molecule has 1 aromatic carbocycles. The van der Waals surface area contributed by atoms with Gasteiger partial charge in [0.05, 0.1) is 18.3 Å². The Morgan fingerprint density at radius 3 is 3.05 bits per heavy atom. The molecule has 1 N–H and O–H groups in total. The second kappa shape index (κ2) is 6.83. The third kappa shape index (κ3) is 3.49. The first-order valence-corrected chi connectivity index (χ1v) is 7.61. The molecule has 0 saturated heterocycles. The molecule has 1 aliphatic carbocycles. The van der Waals surface area contributed by atoms with Crippen LogP contribution >= 0.6 is 0 Å². The summed E-state index contributed by atoms with van der Waals surface area (Å²) < 4.78 is 5.19. The minimum absolute atomic E-state index is 0.376. The molecule has 1 atom stereocenters. The van der Waals surface area contributed by atoms with Crippen molar-refractivity contribution in [3.63, 3.8) is 0 Å². The number of fused-ring (bicyclic) bond motifs is 1. The first kappa shape index (κ1) is 14.2. The minimum atomic E-state index is 0.376. The summed E-state index contributed by atoms with van der Waals surface area (Å²) >= 11 is 0. The van der Waals surface area contributed by atoms with E-state index in [1.165, 1.54) is 35.2 Å². The normalized spacial score (nSPS) is 17.5. The number of hydrogen-bond acceptors (Lipinski definition) is 3. The summed E-state index contributed by atoms with van der Waals surface area (Å²) in [5.41, 5.74) is 5.15. The summed E-state index contributed by atoms with van der Waals surface area (Å²) in [7, 11) is 1.73. The molecule has 3 rings (SSSR count). The molecule has 2 aromatic rings. The summed E-state index contributed by atoms with van der Waals surface area (Å²) in [6.45, 7) is 1.54. The second-order valence-corrected chi connectivity index (χ2v) is 5.63. The highest BCUT2D eigenvalue weighted by molar-refractivity contribution is 5.26. The van der Waals surface area contributed by atoms with Gasteiger partial charge in [0.25, 0.3) is 0 Å². The van der Waals surface area contributed by atoms with Gasteiger partial charge < -0.3 is 10.1 Å². The Hall–Kier alpha value is -1.71. The first-order chi connectivity index (χ1) is 10.4. The smallest absolute Gasteiger partial charge is 0.0713 e. The fourth-order valence-corrected chi connectivity index (χ4v) is 3.05. The molecule has 1 aromatic heterocycles. The van der Waals surface area contributed by atoms with E-state index in [1.54, 1.807) is 7.11 Å². The molecule has 1 heterocycles. The van der Waals surface area contributed by atoms with Gasteiger partial charge in [-0.15, -0.1) is 0 Å². The van der Waals surface area contributed by atoms with Gasteiger partial charge >= 0.3 is 0 Å². The standard InChI is InChI=1S/C18H22N2O/c1-21-13-15-6-2-5-14(11-15)12-20-17-9-3-7-16-8-4-10-19-18(16)17/h2,4-6,8,10-11,17,20H,3,7,9,12-13H2,1H3. The lowest BCUT2D eigenvalue weighted by Gasteiger charge is -2.25. The average Bonchev–Trinajstić information content (AvgIpc) is 2.53. The van der Waals surface area contributed by atoms with Crippen molar-refractivity contribution >= 4 is 0 Å². The minimum Gasteiger partial charge on any atom is -0.380 e. The van der Waals surface area contributed by atoms with Crippen molar-refractivity contribution in [1.82, 2.24) is 10.3 Å². The van der Waals surface area contributed by atoms with E-state index >= 15 is 0 Å². The predicted molar refractivity (Wildman–Crippen MR) is 83.9 cm³/mol. The van der Waals surface area contributed by atoms with Gasteiger partial charge in [-0.05, 0) is 42.0 Å². The van der Waals surface area contributed by atoms with Crippen LogP contribution in [0.4, 0.5) is 0 Å². The Bertz CT molecular complexity index is 597. The lowest BCUT2D eigenvalue weighted by molar-refractivity contribution is 0.185. The molecule has 0 fully saturated rings. The number of hydrogen-bond donors (Lipinski definition) is 1. The molecule has 0 radical (unpaired) electrons. The molecule has 3 heteroatoms. The van der Waals surface area contributed by atoms with Gasteiger partial charge in [-0.3, -0.25) is 4.98 Å². The van der Waals surface area contributed by atoms with E-state index in [4.69, 9.17) is 4.74 Å². The summed E-state index contributed by atoms with van der Waals surface area (Å²) in [6, 6.07) is 13.2. The van der Waals surface area contributed by atoms with Crippen LogP contribution in [-0.4, -0.2) is 12.1 Å². The Labute approximate surface area is 126 Å². The molecule has 0 bridgehead atoms.